The van der Waals surface area contributed by atoms with Crippen LogP contribution in [-0.2, 0) is 0 Å². The van der Waals surface area contributed by atoms with Gasteiger partial charge in [-0.3, -0.25) is 0 Å². The summed E-state index contributed by atoms with van der Waals surface area (Å²) in [5.74, 6) is 0. The molecule has 0 N–H and O–H groups in total. The highest BCUT2D eigenvalue weighted by Crippen LogP contribution is 2.43. The highest BCUT2D eigenvalue weighted by atomic mass is 16.3. The van der Waals surface area contributed by atoms with E-state index >= 15 is 0 Å². The van der Waals surface area contributed by atoms with Crippen LogP contribution in [0.25, 0.3) is 66.4 Å². The first-order valence-corrected chi connectivity index (χ1v) is 17.0. The topological polar surface area (TPSA) is 16.4 Å². The first-order valence-electron chi connectivity index (χ1n) is 17.0. The molecule has 0 saturated carbocycles. The van der Waals surface area contributed by atoms with Crippen molar-refractivity contribution in [2.24, 2.45) is 0 Å². The molecule has 0 radical (unpaired) electrons. The third-order valence-electron chi connectivity index (χ3n) is 9.45. The Morgan fingerprint density at radius 1 is 0.300 bits per heavy atom. The molecule has 0 atom stereocenters. The monoisotopic (exact) mass is 639 g/mol. The fourth-order valence-corrected chi connectivity index (χ4v) is 7.02. The van der Waals surface area contributed by atoms with E-state index in [1.54, 1.807) is 0 Å². The summed E-state index contributed by atoms with van der Waals surface area (Å²) in [6.45, 7) is 0. The zero-order chi connectivity index (χ0) is 33.3. The second kappa shape index (κ2) is 12.8. The average Bonchev–Trinajstić information content (AvgIpc) is 3.57. The lowest BCUT2D eigenvalue weighted by molar-refractivity contribution is 0.669. The Morgan fingerprint density at radius 3 is 1.52 bits per heavy atom. The summed E-state index contributed by atoms with van der Waals surface area (Å²) in [6, 6.07) is 71.2. The molecule has 1 aromatic heterocycles. The molecule has 1 heterocycles. The Labute approximate surface area is 292 Å². The van der Waals surface area contributed by atoms with Crippen LogP contribution in [0, 0.1) is 0 Å². The Morgan fingerprint density at radius 2 is 0.800 bits per heavy atom. The van der Waals surface area contributed by atoms with Crippen molar-refractivity contribution in [2.45, 2.75) is 0 Å². The minimum atomic E-state index is 0.904. The summed E-state index contributed by atoms with van der Waals surface area (Å²) in [7, 11) is 0. The number of benzene rings is 8. The van der Waals surface area contributed by atoms with Crippen LogP contribution in [0.1, 0.15) is 0 Å². The van der Waals surface area contributed by atoms with Crippen molar-refractivity contribution in [1.29, 1.82) is 0 Å². The maximum Gasteiger partial charge on any atom is 0.136 e. The van der Waals surface area contributed by atoms with Crippen LogP contribution in [0.3, 0.4) is 0 Å². The molecule has 9 rings (SSSR count). The van der Waals surface area contributed by atoms with Crippen LogP contribution in [0.4, 0.5) is 17.1 Å². The van der Waals surface area contributed by atoms with Gasteiger partial charge in [0.15, 0.2) is 0 Å². The Hall–Kier alpha value is -6.64. The smallest absolute Gasteiger partial charge is 0.136 e. The molecule has 0 aliphatic rings. The molecule has 0 bridgehead atoms. The van der Waals surface area contributed by atoms with Gasteiger partial charge >= 0.3 is 0 Å². The number of anilines is 3. The highest BCUT2D eigenvalue weighted by molar-refractivity contribution is 6.06. The first-order chi connectivity index (χ1) is 24.8. The molecular weight excluding hydrogens is 607 g/mol. The third kappa shape index (κ3) is 5.53. The standard InChI is InChI=1S/C48H33NO/c1-3-14-34(15-4-1)38-20-12-22-41(31-38)49(46-26-9-7-24-43(46)35-16-5-2-6-17-35)42-23-13-21-39(32-42)36-18-11-19-37(30-36)40-28-29-45-44-25-8-10-27-47(44)50-48(45)33-40/h1-33H. The van der Waals surface area contributed by atoms with E-state index in [0.29, 0.717) is 0 Å². The van der Waals surface area contributed by atoms with Gasteiger partial charge in [0.1, 0.15) is 11.2 Å². The van der Waals surface area contributed by atoms with E-state index in [4.69, 9.17) is 4.42 Å². The van der Waals surface area contributed by atoms with Crippen LogP contribution >= 0.6 is 0 Å². The van der Waals surface area contributed by atoms with Crippen molar-refractivity contribution >= 4 is 39.0 Å². The zero-order valence-corrected chi connectivity index (χ0v) is 27.4. The molecule has 0 aliphatic heterocycles. The number of hydrogen-bond donors (Lipinski definition) is 0. The van der Waals surface area contributed by atoms with Crippen LogP contribution in [0.5, 0.6) is 0 Å². The lowest BCUT2D eigenvalue weighted by Crippen LogP contribution is -2.11. The summed E-state index contributed by atoms with van der Waals surface area (Å²) < 4.78 is 6.23. The predicted molar refractivity (Wildman–Crippen MR) is 210 cm³/mol. The Balaban J connectivity index is 1.16. The molecule has 0 unspecified atom stereocenters. The summed E-state index contributed by atoms with van der Waals surface area (Å²) >= 11 is 0. The van der Waals surface area contributed by atoms with Crippen LogP contribution in [-0.4, -0.2) is 0 Å². The molecule has 0 amide bonds. The molecule has 9 aromatic rings. The van der Waals surface area contributed by atoms with Crippen molar-refractivity contribution in [1.82, 2.24) is 0 Å². The molecule has 8 aromatic carbocycles. The van der Waals surface area contributed by atoms with Gasteiger partial charge in [0.2, 0.25) is 0 Å². The number of rotatable bonds is 7. The molecule has 2 nitrogen and oxygen atoms in total. The van der Waals surface area contributed by atoms with E-state index in [-0.39, 0.29) is 0 Å². The van der Waals surface area contributed by atoms with Crippen molar-refractivity contribution in [2.75, 3.05) is 4.90 Å². The number of furan rings is 1. The number of para-hydroxylation sites is 2. The van der Waals surface area contributed by atoms with Crippen LogP contribution in [0.15, 0.2) is 205 Å². The maximum absolute atomic E-state index is 6.23. The maximum atomic E-state index is 6.23. The molecule has 0 fully saturated rings. The molecule has 0 saturated heterocycles. The Bertz CT molecular complexity index is 2600. The Kier molecular flexibility index (Phi) is 7.53. The predicted octanol–water partition coefficient (Wildman–Crippen LogP) is 13.7. The average molecular weight is 640 g/mol. The normalized spacial score (nSPS) is 11.2. The van der Waals surface area contributed by atoms with E-state index in [9.17, 15) is 0 Å². The molecule has 0 aliphatic carbocycles. The molecule has 2 heteroatoms. The van der Waals surface area contributed by atoms with Crippen molar-refractivity contribution in [3.63, 3.8) is 0 Å². The van der Waals surface area contributed by atoms with E-state index < -0.39 is 0 Å². The summed E-state index contributed by atoms with van der Waals surface area (Å²) in [5.41, 5.74) is 14.4. The molecular formula is C48H33NO. The van der Waals surface area contributed by atoms with Gasteiger partial charge in [0.05, 0.1) is 5.69 Å². The van der Waals surface area contributed by atoms with Gasteiger partial charge in [-0.15, -0.1) is 0 Å². The third-order valence-corrected chi connectivity index (χ3v) is 9.45. The SMILES string of the molecule is c1ccc(-c2cccc(N(c3cccc(-c4cccc(-c5ccc6c(c5)oc5ccccc56)c4)c3)c3ccccc3-c3ccccc3)c2)cc1. The fourth-order valence-electron chi connectivity index (χ4n) is 7.02. The largest absolute Gasteiger partial charge is 0.456 e. The minimum absolute atomic E-state index is 0.904. The van der Waals surface area contributed by atoms with Crippen LogP contribution < -0.4 is 4.90 Å². The van der Waals surface area contributed by atoms with Crippen LogP contribution in [0.2, 0.25) is 0 Å². The van der Waals surface area contributed by atoms with Gasteiger partial charge in [-0.05, 0) is 93.5 Å². The van der Waals surface area contributed by atoms with E-state index in [1.807, 2.05) is 12.1 Å². The minimum Gasteiger partial charge on any atom is -0.456 e. The second-order valence-electron chi connectivity index (χ2n) is 12.6. The van der Waals surface area contributed by atoms with Crippen molar-refractivity contribution in [3.05, 3.63) is 200 Å². The molecule has 0 spiro atoms. The molecule has 50 heavy (non-hydrogen) atoms. The van der Waals surface area contributed by atoms with E-state index in [2.05, 4.69) is 193 Å². The number of nitrogens with zero attached hydrogens (tertiary/aromatic N) is 1. The van der Waals surface area contributed by atoms with Gasteiger partial charge in [-0.1, -0.05) is 146 Å². The van der Waals surface area contributed by atoms with Gasteiger partial charge in [0, 0.05) is 27.7 Å². The lowest BCUT2D eigenvalue weighted by Gasteiger charge is -2.28. The van der Waals surface area contributed by atoms with Gasteiger partial charge in [-0.25, -0.2) is 0 Å². The van der Waals surface area contributed by atoms with Crippen molar-refractivity contribution < 1.29 is 4.42 Å². The second-order valence-corrected chi connectivity index (χ2v) is 12.6. The van der Waals surface area contributed by atoms with Gasteiger partial charge in [0.25, 0.3) is 0 Å². The van der Waals surface area contributed by atoms with E-state index in [1.165, 1.54) is 22.3 Å². The summed E-state index contributed by atoms with van der Waals surface area (Å²) in [5, 5.41) is 2.28. The number of fused-ring (bicyclic) bond motifs is 3. The fraction of sp³-hybridized carbons (Fsp3) is 0. The first kappa shape index (κ1) is 29.5. The lowest BCUT2D eigenvalue weighted by atomic mass is 9.97. The van der Waals surface area contributed by atoms with Gasteiger partial charge in [-0.2, -0.15) is 0 Å². The van der Waals surface area contributed by atoms with Gasteiger partial charge < -0.3 is 9.32 Å². The molecule has 236 valence electrons. The number of hydrogen-bond acceptors (Lipinski definition) is 2. The summed E-state index contributed by atoms with van der Waals surface area (Å²) in [4.78, 5) is 2.39. The van der Waals surface area contributed by atoms with Crippen molar-refractivity contribution in [3.8, 4) is 44.5 Å². The van der Waals surface area contributed by atoms with E-state index in [0.717, 1.165) is 61.3 Å². The quantitative estimate of drug-likeness (QED) is 0.173. The zero-order valence-electron chi connectivity index (χ0n) is 27.4. The highest BCUT2D eigenvalue weighted by Gasteiger charge is 2.18. The summed E-state index contributed by atoms with van der Waals surface area (Å²) in [6.07, 6.45) is 0.